The van der Waals surface area contributed by atoms with Gasteiger partial charge in [-0.3, -0.25) is 86.7 Å². The maximum atomic E-state index is 13.9. The normalized spacial score (nSPS) is 26.0. The summed E-state index contributed by atoms with van der Waals surface area (Å²) in [5.74, 6) is -19.7. The Hall–Kier alpha value is -8.23. The minimum atomic E-state index is -1.81. The van der Waals surface area contributed by atoms with E-state index < -0.39 is 223 Å². The first kappa shape index (κ1) is 84.8. The van der Waals surface area contributed by atoms with E-state index in [4.69, 9.17) is 28.7 Å². The van der Waals surface area contributed by atoms with Crippen LogP contribution in [0, 0.1) is 5.92 Å². The van der Waals surface area contributed by atoms with Crippen molar-refractivity contribution < 1.29 is 81.8 Å². The van der Waals surface area contributed by atoms with Crippen molar-refractivity contribution >= 4 is 170 Å². The minimum Gasteiger partial charge on any atom is -0.394 e. The van der Waals surface area contributed by atoms with Crippen molar-refractivity contribution in [2.24, 2.45) is 44.6 Å². The Labute approximate surface area is 573 Å². The van der Waals surface area contributed by atoms with Crippen LogP contribution in [0.4, 0.5) is 0 Å². The van der Waals surface area contributed by atoms with E-state index in [1.54, 1.807) is 0 Å². The summed E-state index contributed by atoms with van der Waals surface area (Å²) in [4.78, 5) is 221. The monoisotopic (exact) mass is 1440 g/mol. The van der Waals surface area contributed by atoms with Crippen molar-refractivity contribution in [3.05, 3.63) is 0 Å². The number of aliphatic hydroxyl groups is 1. The summed E-state index contributed by atoms with van der Waals surface area (Å²) in [5, 5.41) is 45.0. The van der Waals surface area contributed by atoms with Gasteiger partial charge in [-0.15, -0.1) is 0 Å². The van der Waals surface area contributed by atoms with Crippen LogP contribution in [0.5, 0.6) is 0 Å². The van der Waals surface area contributed by atoms with Gasteiger partial charge in [-0.1, -0.05) is 13.8 Å². The lowest BCUT2D eigenvalue weighted by Gasteiger charge is -2.27. The molecule has 44 heteroatoms. The number of nitrogens with one attached hydrogen (secondary N) is 15. The topological polar surface area (TPSA) is 629 Å². The molecule has 1 rings (SSSR count). The number of carbonyl (C=O) groups is 16. The molecule has 0 saturated carbocycles. The summed E-state index contributed by atoms with van der Waals surface area (Å²) in [6.07, 6.45) is -1.14. The lowest BCUT2D eigenvalue weighted by Crippen LogP contribution is -2.61. The zero-order chi connectivity index (χ0) is 72.2. The number of guanidine groups is 2. The predicted octanol–water partition coefficient (Wildman–Crippen LogP) is -12.5. The number of hydrogen-bond donors (Lipinski definition) is 26. The lowest BCUT2D eigenvalue weighted by molar-refractivity contribution is -0.136. The van der Waals surface area contributed by atoms with Crippen molar-refractivity contribution in [2.75, 3.05) is 68.1 Å². The molecule has 39 nitrogen and oxygen atoms in total. The molecule has 0 aliphatic carbocycles. The number of hydrogen-bond acceptors (Lipinski definition) is 24. The average Bonchev–Trinajstić information content (AvgIpc) is 1.12. The molecule has 0 bridgehead atoms. The van der Waals surface area contributed by atoms with Crippen LogP contribution in [0.1, 0.15) is 59.8 Å². The van der Waals surface area contributed by atoms with E-state index in [9.17, 15) is 81.8 Å². The first-order valence-electron chi connectivity index (χ1n) is 29.2. The molecule has 0 aromatic heterocycles. The van der Waals surface area contributed by atoms with Gasteiger partial charge in [-0.2, -0.15) is 63.1 Å². The molecule has 1 heterocycles. The van der Waals surface area contributed by atoms with Gasteiger partial charge in [-0.05, 0) is 45.4 Å². The number of nitrogens with zero attached hydrogens (tertiary/aromatic N) is 2. The summed E-state index contributed by atoms with van der Waals surface area (Å²) in [5.41, 5.74) is 27.1. The molecule has 26 N–H and O–H groups in total. The summed E-state index contributed by atoms with van der Waals surface area (Å²) >= 11 is 20.7. The van der Waals surface area contributed by atoms with Gasteiger partial charge in [0.25, 0.3) is 0 Å². The highest BCUT2D eigenvalue weighted by atomic mass is 32.1. The van der Waals surface area contributed by atoms with Gasteiger partial charge in [-0.25, -0.2) is 0 Å². The van der Waals surface area contributed by atoms with E-state index in [0.29, 0.717) is 0 Å². The highest BCUT2D eigenvalue weighted by Crippen LogP contribution is 2.08. The van der Waals surface area contributed by atoms with Crippen LogP contribution >= 0.6 is 63.1 Å². The summed E-state index contributed by atoms with van der Waals surface area (Å²) in [6, 6.07) is -18.3. The zero-order valence-electron chi connectivity index (χ0n) is 52.3. The van der Waals surface area contributed by atoms with Gasteiger partial charge in [0.1, 0.15) is 72.5 Å². The van der Waals surface area contributed by atoms with Crippen LogP contribution in [0.3, 0.4) is 0 Å². The fraction of sp³-hybridized carbons (Fsp3) is 0.647. The van der Waals surface area contributed by atoms with Crippen molar-refractivity contribution in [2.45, 2.75) is 132 Å². The third-order valence-corrected chi connectivity index (χ3v) is 15.0. The van der Waals surface area contributed by atoms with E-state index in [1.807, 2.05) is 0 Å². The second-order valence-corrected chi connectivity index (χ2v) is 23.1. The van der Waals surface area contributed by atoms with Crippen LogP contribution in [0.15, 0.2) is 9.98 Å². The SMILES string of the molecule is CC(C)[C@@H]1NC(=O)[C@H](CS)NC(=O)[C@H](CCCN=C(N)N)NC(=O)CNC(=O)[C@H](CC(N)=O)NC(=O)[C@H](CS)NC(=O)[C@H](CS)NC(=O)[C@H](CCCN=C(N)N)NC(=O)CNC(=O)[C@H](C)NC(=O)[C@H](CS)NC(=O)[C@H](C)NC(=O)[C@H](CS)NC(=O)CNC(=O)[C@H](CO)NC1=O. The van der Waals surface area contributed by atoms with Gasteiger partial charge < -0.3 is 114 Å². The number of rotatable bonds is 17. The Balaban J connectivity index is 3.74. The smallest absolute Gasteiger partial charge is 0.245 e. The second kappa shape index (κ2) is 44.4. The van der Waals surface area contributed by atoms with E-state index in [-0.39, 0.29) is 62.2 Å². The fourth-order valence-electron chi connectivity index (χ4n) is 7.95. The van der Waals surface area contributed by atoms with Crippen molar-refractivity contribution in [1.29, 1.82) is 0 Å². The lowest BCUT2D eigenvalue weighted by atomic mass is 10.0. The van der Waals surface area contributed by atoms with Crippen molar-refractivity contribution in [3.8, 4) is 0 Å². The number of thiol groups is 5. The highest BCUT2D eigenvalue weighted by Gasteiger charge is 2.36. The Morgan fingerprint density at radius 2 is 0.695 bits per heavy atom. The molecule has 0 unspecified atom stereocenters. The van der Waals surface area contributed by atoms with Crippen LogP contribution < -0.4 is 108 Å². The third-order valence-electron chi connectivity index (χ3n) is 13.2. The summed E-state index contributed by atoms with van der Waals surface area (Å²) < 4.78 is 0. The van der Waals surface area contributed by atoms with Crippen LogP contribution in [0.25, 0.3) is 0 Å². The number of amides is 16. The molecule has 1 aliphatic rings. The number of carbonyl (C=O) groups excluding carboxylic acids is 16. The minimum absolute atomic E-state index is 0.0348. The van der Waals surface area contributed by atoms with Crippen LogP contribution in [-0.2, 0) is 76.7 Å². The maximum absolute atomic E-state index is 13.9. The molecule has 95 heavy (non-hydrogen) atoms. The molecule has 0 aromatic carbocycles. The highest BCUT2D eigenvalue weighted by molar-refractivity contribution is 7.81. The number of aliphatic hydroxyl groups excluding tert-OH is 1. The third kappa shape index (κ3) is 32.2. The zero-order valence-corrected chi connectivity index (χ0v) is 56.8. The van der Waals surface area contributed by atoms with Gasteiger partial charge in [0, 0.05) is 41.9 Å². The molecule has 12 atom stereocenters. The molecule has 0 radical (unpaired) electrons. The van der Waals surface area contributed by atoms with E-state index >= 15 is 0 Å². The predicted molar refractivity (Wildman–Crippen MR) is 358 cm³/mol. The molecule has 0 aromatic rings. The Morgan fingerprint density at radius 1 is 0.400 bits per heavy atom. The Kier molecular flexibility index (Phi) is 39.7. The molecule has 534 valence electrons. The van der Waals surface area contributed by atoms with Gasteiger partial charge >= 0.3 is 0 Å². The molecule has 16 amide bonds. The molecule has 0 spiro atoms. The van der Waals surface area contributed by atoms with Crippen molar-refractivity contribution in [3.63, 3.8) is 0 Å². The number of nitrogens with two attached hydrogens (primary N) is 5. The standard InChI is InChI=1S/C51H88N22O17S5/c1-21(2)37-49(90)68-27(15-74)41(82)61-14-36(78)66-28(16-91)44(85)63-23(4)39(80)69-29(17-92)45(86)62-22(3)38(79)59-12-34(76)64-24(7-5-9-57-50(53)54)42(83)70-31(19-94)47(88)72-30(18-93)46(87)67-26(11-33(52)75)40(81)60-13-35(77)65-25(8-6-10-58-51(55)56)43(84)71-32(20-95)48(89)73-37/h21-32,37,74,91-95H,5-20H2,1-4H3,(H2,52,75)(H,59,79)(H,60,81)(H,61,82)(H,62,86)(H,63,85)(H,64,76)(H,65,77)(H,66,78)(H,67,87)(H,68,90)(H,69,80)(H,70,83)(H,71,84)(H,72,88)(H,73,89)(H4,53,54,57)(H4,55,56,58)/t22-,23-,24-,25-,26-,27-,28-,29-,30-,31-,32-,37-/m0/s1. The van der Waals surface area contributed by atoms with Gasteiger partial charge in [0.05, 0.1) is 32.7 Å². The number of aliphatic imine (C=N–C) groups is 2. The summed E-state index contributed by atoms with van der Waals surface area (Å²) in [6.45, 7) is 1.78. The van der Waals surface area contributed by atoms with Gasteiger partial charge in [0.2, 0.25) is 94.5 Å². The molecule has 1 aliphatic heterocycles. The molecule has 1 saturated heterocycles. The van der Waals surface area contributed by atoms with E-state index in [0.717, 1.165) is 0 Å². The first-order chi connectivity index (χ1) is 44.7. The maximum Gasteiger partial charge on any atom is 0.245 e. The van der Waals surface area contributed by atoms with E-state index in [2.05, 4.69) is 153 Å². The fourth-order valence-corrected chi connectivity index (χ4v) is 9.24. The van der Waals surface area contributed by atoms with Gasteiger partial charge in [0.15, 0.2) is 11.9 Å². The molecular weight excluding hydrogens is 1350 g/mol. The quantitative estimate of drug-likeness (QED) is 0.0278. The molecular formula is C51H88N22O17S5. The van der Waals surface area contributed by atoms with Crippen LogP contribution in [0.2, 0.25) is 0 Å². The second-order valence-electron chi connectivity index (χ2n) is 21.2. The van der Waals surface area contributed by atoms with E-state index in [1.165, 1.54) is 27.7 Å². The number of primary amides is 1. The summed E-state index contributed by atoms with van der Waals surface area (Å²) in [7, 11) is 0. The van der Waals surface area contributed by atoms with Crippen molar-refractivity contribution in [1.82, 2.24) is 79.8 Å². The largest absolute Gasteiger partial charge is 0.394 e. The molecule has 1 fully saturated rings. The Bertz CT molecular complexity index is 2800. The average molecular weight is 1440 g/mol. The Morgan fingerprint density at radius 3 is 1.05 bits per heavy atom. The first-order valence-corrected chi connectivity index (χ1v) is 32.3. The van der Waals surface area contributed by atoms with Crippen LogP contribution in [-0.4, -0.2) is 252 Å².